The largest absolute Gasteiger partial charge is 0.248 e. The molecule has 17 aromatic rings. The Morgan fingerprint density at radius 3 is 0.935 bits per heavy atom. The minimum absolute atomic E-state index is 0.598. The van der Waals surface area contributed by atoms with Crippen LogP contribution in [0.3, 0.4) is 0 Å². The molecule has 6 heterocycles. The normalized spacial score (nSPS) is 11.3. The zero-order valence-corrected chi connectivity index (χ0v) is 49.8. The van der Waals surface area contributed by atoms with Crippen LogP contribution in [0.4, 0.5) is 0 Å². The van der Waals surface area contributed by atoms with E-state index in [-0.39, 0.29) is 0 Å². The fraction of sp³-hybridized carbons (Fsp3) is 0. The summed E-state index contributed by atoms with van der Waals surface area (Å²) in [5, 5.41) is 6.75. The highest BCUT2D eigenvalue weighted by molar-refractivity contribution is 5.98. The van der Waals surface area contributed by atoms with Crippen LogP contribution in [0.2, 0.25) is 0 Å². The van der Waals surface area contributed by atoms with Crippen LogP contribution in [0, 0.1) is 0 Å². The van der Waals surface area contributed by atoms with Crippen LogP contribution in [0.25, 0.3) is 167 Å². The average Bonchev–Trinajstić information content (AvgIpc) is 1.27. The van der Waals surface area contributed by atoms with E-state index >= 15 is 0 Å². The molecule has 0 atom stereocenters. The first-order valence-electron chi connectivity index (χ1n) is 30.7. The Morgan fingerprint density at radius 2 is 0.478 bits per heavy atom. The van der Waals surface area contributed by atoms with Gasteiger partial charge in [-0.1, -0.05) is 255 Å². The van der Waals surface area contributed by atoms with Crippen LogP contribution in [-0.2, 0) is 0 Å². The Balaban J connectivity index is 0.000000147. The molecule has 17 rings (SSSR count). The summed E-state index contributed by atoms with van der Waals surface area (Å²) in [6, 6.07) is 113. The van der Waals surface area contributed by atoms with Crippen molar-refractivity contribution in [3.63, 3.8) is 0 Å². The Labute approximate surface area is 531 Å². The van der Waals surface area contributed by atoms with Crippen molar-refractivity contribution in [1.29, 1.82) is 0 Å². The molecule has 0 aliphatic heterocycles. The monoisotopic (exact) mass is 1170 g/mol. The molecule has 0 bridgehead atoms. The second-order valence-electron chi connectivity index (χ2n) is 22.7. The maximum absolute atomic E-state index is 5.10. The number of pyridine rings is 4. The summed E-state index contributed by atoms with van der Waals surface area (Å²) in [5.41, 5.74) is 21.5. The third-order valence-corrected chi connectivity index (χ3v) is 16.8. The van der Waals surface area contributed by atoms with E-state index in [4.69, 9.17) is 39.9 Å². The van der Waals surface area contributed by atoms with Crippen molar-refractivity contribution in [1.82, 2.24) is 39.9 Å². The predicted octanol–water partition coefficient (Wildman–Crippen LogP) is 21.0. The molecule has 0 saturated heterocycles. The zero-order valence-electron chi connectivity index (χ0n) is 49.8. The van der Waals surface area contributed by atoms with Gasteiger partial charge in [0.2, 0.25) is 0 Å². The molecule has 0 saturated carbocycles. The maximum atomic E-state index is 5.10. The number of rotatable bonds is 10. The number of nitrogens with zero attached hydrogens (tertiary/aromatic N) is 8. The van der Waals surface area contributed by atoms with Gasteiger partial charge in [-0.05, 0) is 106 Å². The van der Waals surface area contributed by atoms with Crippen LogP contribution in [0.5, 0.6) is 0 Å². The van der Waals surface area contributed by atoms with Gasteiger partial charge >= 0.3 is 0 Å². The minimum Gasteiger partial charge on any atom is -0.248 e. The van der Waals surface area contributed by atoms with Gasteiger partial charge in [-0.25, -0.2) is 39.9 Å². The van der Waals surface area contributed by atoms with E-state index in [1.807, 2.05) is 115 Å². The molecular formula is C84H54N8. The second kappa shape index (κ2) is 24.2. The third-order valence-electron chi connectivity index (χ3n) is 16.8. The molecule has 11 aromatic carbocycles. The second-order valence-corrected chi connectivity index (χ2v) is 22.7. The van der Waals surface area contributed by atoms with E-state index in [0.717, 1.165) is 145 Å². The minimum atomic E-state index is 0.598. The standard InChI is InChI=1S/C44H28N4.C40H26N4/c1-3-11-30(12-4-1)42-28-43(31-13-5-2-6-14-31)48-44(47-42)40-25-20-32-18-19-34(27-41(32)46-40)33-21-23-38-35(26-33)22-24-39(45-38)37-17-9-15-29-10-7-8-16-36(29)37;1-4-10-27(11-5-1)34-22-20-33-24-31(19-21-35(33)41-34)32-17-16-30-18-23-36(42-37(30)25-32)40-43-38(28-12-6-2-7-13-28)26-39(44-40)29-14-8-3-9-15-29/h1-28H;1-26H. The van der Waals surface area contributed by atoms with Gasteiger partial charge in [0.1, 0.15) is 11.4 Å². The predicted molar refractivity (Wildman–Crippen MR) is 377 cm³/mol. The summed E-state index contributed by atoms with van der Waals surface area (Å²) >= 11 is 0. The van der Waals surface area contributed by atoms with Crippen LogP contribution in [-0.4, -0.2) is 39.9 Å². The topological polar surface area (TPSA) is 103 Å². The summed E-state index contributed by atoms with van der Waals surface area (Å²) < 4.78 is 0. The van der Waals surface area contributed by atoms with E-state index in [1.165, 1.54) is 10.8 Å². The van der Waals surface area contributed by atoms with Crippen LogP contribution in [0.1, 0.15) is 0 Å². The molecule has 0 unspecified atom stereocenters. The SMILES string of the molecule is c1ccc(-c2cc(-c3ccccc3)nc(-c3ccc4ccc(-c5ccc6nc(-c7cccc8ccccc78)ccc6c5)cc4n3)n2)cc1.c1ccc(-c2cc(-c3ccccc3)nc(-c3ccc4ccc(-c5ccc6nc(-c7ccccc7)ccc6c5)cc4n3)n2)cc1. The fourth-order valence-corrected chi connectivity index (χ4v) is 12.0. The molecule has 0 N–H and O–H groups in total. The van der Waals surface area contributed by atoms with Crippen molar-refractivity contribution in [3.8, 4) is 113 Å². The lowest BCUT2D eigenvalue weighted by molar-refractivity contribution is 1.16. The Bertz CT molecular complexity index is 5450. The van der Waals surface area contributed by atoms with E-state index < -0.39 is 0 Å². The molecule has 0 aliphatic rings. The average molecular weight is 1180 g/mol. The highest BCUT2D eigenvalue weighted by Crippen LogP contribution is 2.35. The van der Waals surface area contributed by atoms with Crippen molar-refractivity contribution < 1.29 is 0 Å². The van der Waals surface area contributed by atoms with Crippen molar-refractivity contribution in [2.45, 2.75) is 0 Å². The Hall–Kier alpha value is -12.5. The molecule has 92 heavy (non-hydrogen) atoms. The fourth-order valence-electron chi connectivity index (χ4n) is 12.0. The summed E-state index contributed by atoms with van der Waals surface area (Å²) in [6.07, 6.45) is 0. The van der Waals surface area contributed by atoms with E-state index in [2.05, 4.69) is 212 Å². The van der Waals surface area contributed by atoms with Gasteiger partial charge in [0.15, 0.2) is 11.6 Å². The summed E-state index contributed by atoms with van der Waals surface area (Å²) in [5.74, 6) is 1.20. The first-order chi connectivity index (χ1) is 45.5. The van der Waals surface area contributed by atoms with Crippen LogP contribution < -0.4 is 0 Å². The lowest BCUT2D eigenvalue weighted by Crippen LogP contribution is -1.97. The zero-order chi connectivity index (χ0) is 61.2. The molecule has 430 valence electrons. The van der Waals surface area contributed by atoms with E-state index in [9.17, 15) is 0 Å². The highest BCUT2D eigenvalue weighted by Gasteiger charge is 2.16. The van der Waals surface area contributed by atoms with Crippen molar-refractivity contribution in [2.24, 2.45) is 0 Å². The van der Waals surface area contributed by atoms with Gasteiger partial charge in [0, 0.05) is 54.9 Å². The number of aromatic nitrogens is 8. The highest BCUT2D eigenvalue weighted by atomic mass is 14.9. The molecule has 8 nitrogen and oxygen atoms in total. The first kappa shape index (κ1) is 54.8. The van der Waals surface area contributed by atoms with Crippen molar-refractivity contribution in [3.05, 3.63) is 328 Å². The van der Waals surface area contributed by atoms with Gasteiger partial charge in [-0.3, -0.25) is 0 Å². The van der Waals surface area contributed by atoms with Crippen molar-refractivity contribution in [2.75, 3.05) is 0 Å². The lowest BCUT2D eigenvalue weighted by Gasteiger charge is -2.10. The van der Waals surface area contributed by atoms with E-state index in [1.54, 1.807) is 0 Å². The molecule has 0 radical (unpaired) electrons. The molecule has 6 aromatic heterocycles. The molecule has 0 amide bonds. The van der Waals surface area contributed by atoms with Gasteiger partial charge < -0.3 is 0 Å². The lowest BCUT2D eigenvalue weighted by atomic mass is 9.99. The number of hydrogen-bond donors (Lipinski definition) is 0. The van der Waals surface area contributed by atoms with Crippen molar-refractivity contribution >= 4 is 54.4 Å². The Morgan fingerprint density at radius 1 is 0.152 bits per heavy atom. The van der Waals surface area contributed by atoms with Crippen LogP contribution in [0.15, 0.2) is 328 Å². The number of benzene rings is 11. The van der Waals surface area contributed by atoms with Gasteiger partial charge in [0.25, 0.3) is 0 Å². The molecular weight excluding hydrogens is 1120 g/mol. The summed E-state index contributed by atoms with van der Waals surface area (Å²) in [6.45, 7) is 0. The first-order valence-corrected chi connectivity index (χ1v) is 30.7. The number of hydrogen-bond acceptors (Lipinski definition) is 8. The molecule has 0 fully saturated rings. The summed E-state index contributed by atoms with van der Waals surface area (Å²) in [7, 11) is 0. The Kier molecular flexibility index (Phi) is 14.4. The molecule has 0 spiro atoms. The number of fused-ring (bicyclic) bond motifs is 5. The van der Waals surface area contributed by atoms with Gasteiger partial charge in [0.05, 0.1) is 56.2 Å². The van der Waals surface area contributed by atoms with E-state index in [0.29, 0.717) is 11.6 Å². The summed E-state index contributed by atoms with van der Waals surface area (Å²) in [4.78, 5) is 40.0. The van der Waals surface area contributed by atoms with Gasteiger partial charge in [-0.2, -0.15) is 0 Å². The quantitative estimate of drug-likeness (QED) is 0.133. The van der Waals surface area contributed by atoms with Crippen LogP contribution >= 0.6 is 0 Å². The smallest absolute Gasteiger partial charge is 0.179 e. The maximum Gasteiger partial charge on any atom is 0.179 e. The molecule has 8 heteroatoms. The molecule has 0 aliphatic carbocycles. The third kappa shape index (κ3) is 11.3. The van der Waals surface area contributed by atoms with Gasteiger partial charge in [-0.15, -0.1) is 0 Å².